The molecule has 0 amide bonds. The summed E-state index contributed by atoms with van der Waals surface area (Å²) in [6, 6.07) is 3.59. The molecule has 2 aromatic rings. The highest BCUT2D eigenvalue weighted by molar-refractivity contribution is 5.19. The van der Waals surface area contributed by atoms with Gasteiger partial charge in [-0.25, -0.2) is 18.4 Å². The lowest BCUT2D eigenvalue weighted by Crippen LogP contribution is -2.36. The van der Waals surface area contributed by atoms with E-state index < -0.39 is 17.7 Å². The van der Waals surface area contributed by atoms with Gasteiger partial charge in [0.2, 0.25) is 0 Å². The summed E-state index contributed by atoms with van der Waals surface area (Å²) < 4.78 is 29.0. The van der Waals surface area contributed by atoms with E-state index in [1.165, 1.54) is 24.5 Å². The molecule has 126 valence electrons. The standard InChI is InChI=1S/C17H23F2N3O/c1-17(2,3)16(23)15(22-11-20-10-21-22)9-4-6-12-13(18)7-5-8-14(12)19/h5,7-8,10-11,15-16,23H,4,6,9H2,1-3H3. The van der Waals surface area contributed by atoms with Crippen LogP contribution >= 0.6 is 0 Å². The van der Waals surface area contributed by atoms with E-state index in [0.717, 1.165) is 0 Å². The van der Waals surface area contributed by atoms with E-state index in [1.807, 2.05) is 20.8 Å². The molecule has 1 aromatic heterocycles. The number of rotatable bonds is 6. The minimum atomic E-state index is -0.644. The van der Waals surface area contributed by atoms with Gasteiger partial charge in [0.05, 0.1) is 12.1 Å². The quantitative estimate of drug-likeness (QED) is 0.885. The second-order valence-electron chi connectivity index (χ2n) is 6.85. The number of aliphatic hydroxyl groups is 1. The molecule has 4 nitrogen and oxygen atoms in total. The van der Waals surface area contributed by atoms with Crippen LogP contribution in [-0.4, -0.2) is 26.0 Å². The highest BCUT2D eigenvalue weighted by Gasteiger charge is 2.31. The first-order chi connectivity index (χ1) is 10.8. The van der Waals surface area contributed by atoms with Gasteiger partial charge in [-0.1, -0.05) is 26.8 Å². The van der Waals surface area contributed by atoms with Crippen molar-refractivity contribution >= 4 is 0 Å². The SMILES string of the molecule is CC(C)(C)C(O)C(CCCc1c(F)cccc1F)n1cncn1. The summed E-state index contributed by atoms with van der Waals surface area (Å²) in [4.78, 5) is 3.92. The Hall–Kier alpha value is -1.82. The Morgan fingerprint density at radius 3 is 2.39 bits per heavy atom. The van der Waals surface area contributed by atoms with Crippen molar-refractivity contribution in [1.29, 1.82) is 0 Å². The Labute approximate surface area is 135 Å². The topological polar surface area (TPSA) is 50.9 Å². The lowest BCUT2D eigenvalue weighted by Gasteiger charge is -2.33. The van der Waals surface area contributed by atoms with Gasteiger partial charge < -0.3 is 5.11 Å². The summed E-state index contributed by atoms with van der Waals surface area (Å²) in [6.45, 7) is 5.83. The Morgan fingerprint density at radius 2 is 1.87 bits per heavy atom. The lowest BCUT2D eigenvalue weighted by molar-refractivity contribution is 0.00867. The van der Waals surface area contributed by atoms with Crippen LogP contribution in [0.3, 0.4) is 0 Å². The predicted molar refractivity (Wildman–Crippen MR) is 83.8 cm³/mol. The van der Waals surface area contributed by atoms with Crippen LogP contribution < -0.4 is 0 Å². The van der Waals surface area contributed by atoms with Crippen molar-refractivity contribution in [2.24, 2.45) is 5.41 Å². The maximum Gasteiger partial charge on any atom is 0.137 e. The van der Waals surface area contributed by atoms with Gasteiger partial charge in [0.15, 0.2) is 0 Å². The maximum atomic E-state index is 13.7. The fraction of sp³-hybridized carbons (Fsp3) is 0.529. The third-order valence-electron chi connectivity index (χ3n) is 4.02. The number of hydrogen-bond donors (Lipinski definition) is 1. The smallest absolute Gasteiger partial charge is 0.137 e. The van der Waals surface area contributed by atoms with E-state index in [1.54, 1.807) is 11.0 Å². The van der Waals surface area contributed by atoms with Gasteiger partial charge in [0.1, 0.15) is 24.3 Å². The Morgan fingerprint density at radius 1 is 1.22 bits per heavy atom. The number of nitrogens with zero attached hydrogens (tertiary/aromatic N) is 3. The van der Waals surface area contributed by atoms with Crippen LogP contribution in [0.15, 0.2) is 30.9 Å². The summed E-state index contributed by atoms with van der Waals surface area (Å²) in [7, 11) is 0. The molecule has 0 aliphatic heterocycles. The summed E-state index contributed by atoms with van der Waals surface area (Å²) in [5, 5.41) is 14.7. The first kappa shape index (κ1) is 17.5. The second kappa shape index (κ2) is 7.17. The second-order valence-corrected chi connectivity index (χ2v) is 6.85. The summed E-state index contributed by atoms with van der Waals surface area (Å²) in [6.07, 6.45) is 3.70. The van der Waals surface area contributed by atoms with Crippen molar-refractivity contribution in [3.8, 4) is 0 Å². The molecule has 2 atom stereocenters. The first-order valence-corrected chi connectivity index (χ1v) is 7.75. The molecule has 0 radical (unpaired) electrons. The fourth-order valence-corrected chi connectivity index (χ4v) is 2.66. The van der Waals surface area contributed by atoms with Gasteiger partial charge in [-0.2, -0.15) is 5.10 Å². The Bertz CT molecular complexity index is 603. The van der Waals surface area contributed by atoms with Crippen LogP contribution in [0.5, 0.6) is 0 Å². The zero-order valence-electron chi connectivity index (χ0n) is 13.7. The van der Waals surface area contributed by atoms with E-state index in [4.69, 9.17) is 0 Å². The average molecular weight is 323 g/mol. The third-order valence-corrected chi connectivity index (χ3v) is 4.02. The van der Waals surface area contributed by atoms with Gasteiger partial charge in [-0.3, -0.25) is 0 Å². The lowest BCUT2D eigenvalue weighted by atomic mass is 9.83. The molecule has 0 aliphatic carbocycles. The predicted octanol–water partition coefficient (Wildman–Crippen LogP) is 3.53. The van der Waals surface area contributed by atoms with Gasteiger partial charge in [0.25, 0.3) is 0 Å². The summed E-state index contributed by atoms with van der Waals surface area (Å²) in [5.74, 6) is -1.06. The summed E-state index contributed by atoms with van der Waals surface area (Å²) >= 11 is 0. The molecule has 0 saturated carbocycles. The largest absolute Gasteiger partial charge is 0.390 e. The number of halogens is 2. The summed E-state index contributed by atoms with van der Waals surface area (Å²) in [5.41, 5.74) is -0.241. The highest BCUT2D eigenvalue weighted by atomic mass is 19.1. The Balaban J connectivity index is 2.08. The molecular formula is C17H23F2N3O. The normalized spacial score (nSPS) is 14.7. The van der Waals surface area contributed by atoms with Crippen LogP contribution in [0.4, 0.5) is 8.78 Å². The van der Waals surface area contributed by atoms with Gasteiger partial charge in [-0.05, 0) is 36.8 Å². The van der Waals surface area contributed by atoms with Crippen molar-refractivity contribution in [3.63, 3.8) is 0 Å². The molecule has 2 unspecified atom stereocenters. The number of aromatic nitrogens is 3. The molecule has 23 heavy (non-hydrogen) atoms. The third kappa shape index (κ3) is 4.34. The van der Waals surface area contributed by atoms with E-state index in [9.17, 15) is 13.9 Å². The van der Waals surface area contributed by atoms with Crippen molar-refractivity contribution in [2.45, 2.75) is 52.2 Å². The molecular weight excluding hydrogens is 300 g/mol. The van der Waals surface area contributed by atoms with Crippen molar-refractivity contribution in [1.82, 2.24) is 14.8 Å². The monoisotopic (exact) mass is 323 g/mol. The Kier molecular flexibility index (Phi) is 5.46. The van der Waals surface area contributed by atoms with E-state index in [-0.39, 0.29) is 23.4 Å². The van der Waals surface area contributed by atoms with Crippen LogP contribution in [-0.2, 0) is 6.42 Å². The molecule has 1 N–H and O–H groups in total. The van der Waals surface area contributed by atoms with E-state index >= 15 is 0 Å². The number of benzene rings is 1. The van der Waals surface area contributed by atoms with E-state index in [0.29, 0.717) is 12.8 Å². The molecule has 1 heterocycles. The van der Waals surface area contributed by atoms with Crippen LogP contribution in [0.2, 0.25) is 0 Å². The zero-order chi connectivity index (χ0) is 17.0. The maximum absolute atomic E-state index is 13.7. The molecule has 0 saturated heterocycles. The molecule has 0 spiro atoms. The minimum Gasteiger partial charge on any atom is -0.390 e. The van der Waals surface area contributed by atoms with Crippen LogP contribution in [0, 0.1) is 17.0 Å². The van der Waals surface area contributed by atoms with Crippen molar-refractivity contribution < 1.29 is 13.9 Å². The van der Waals surface area contributed by atoms with Crippen molar-refractivity contribution in [2.75, 3.05) is 0 Å². The van der Waals surface area contributed by atoms with Gasteiger partial charge in [-0.15, -0.1) is 0 Å². The zero-order valence-corrected chi connectivity index (χ0v) is 13.7. The van der Waals surface area contributed by atoms with E-state index in [2.05, 4.69) is 10.1 Å². The average Bonchev–Trinajstić information content (AvgIpc) is 2.98. The molecule has 0 aliphatic rings. The molecule has 1 aromatic carbocycles. The van der Waals surface area contributed by atoms with Crippen LogP contribution in [0.1, 0.15) is 45.2 Å². The van der Waals surface area contributed by atoms with Crippen LogP contribution in [0.25, 0.3) is 0 Å². The fourth-order valence-electron chi connectivity index (χ4n) is 2.66. The number of aliphatic hydroxyl groups excluding tert-OH is 1. The minimum absolute atomic E-state index is 0.0927. The number of hydrogen-bond acceptors (Lipinski definition) is 3. The molecule has 0 fully saturated rings. The molecule has 2 rings (SSSR count). The highest BCUT2D eigenvalue weighted by Crippen LogP contribution is 2.31. The first-order valence-electron chi connectivity index (χ1n) is 7.75. The molecule has 0 bridgehead atoms. The van der Waals surface area contributed by atoms with Gasteiger partial charge in [0, 0.05) is 5.56 Å². The van der Waals surface area contributed by atoms with Gasteiger partial charge >= 0.3 is 0 Å². The molecule has 6 heteroatoms. The van der Waals surface area contributed by atoms with Crippen molar-refractivity contribution in [3.05, 3.63) is 48.1 Å².